The predicted molar refractivity (Wildman–Crippen MR) is 123 cm³/mol. The molecule has 10 nitrogen and oxygen atoms in total. The van der Waals surface area contributed by atoms with Crippen LogP contribution in [0.1, 0.15) is 30.1 Å². The number of fused-ring (bicyclic) bond motifs is 1. The van der Waals surface area contributed by atoms with Crippen LogP contribution >= 0.6 is 0 Å². The summed E-state index contributed by atoms with van der Waals surface area (Å²) in [5.74, 6) is -1.69. The fourth-order valence-corrected chi connectivity index (χ4v) is 5.70. The molecule has 4 rings (SSSR count). The molecule has 180 valence electrons. The van der Waals surface area contributed by atoms with Crippen LogP contribution in [0, 0.1) is 0 Å². The molecular weight excluding hydrogens is 462 g/mol. The Morgan fingerprint density at radius 1 is 1.09 bits per heavy atom. The summed E-state index contributed by atoms with van der Waals surface area (Å²) in [5, 5.41) is 2.69. The molecule has 1 fully saturated rings. The highest BCUT2D eigenvalue weighted by Crippen LogP contribution is 2.31. The van der Waals surface area contributed by atoms with E-state index < -0.39 is 28.0 Å². The molecule has 34 heavy (non-hydrogen) atoms. The van der Waals surface area contributed by atoms with Gasteiger partial charge < -0.3 is 14.8 Å². The third-order valence-corrected chi connectivity index (χ3v) is 7.67. The second-order valence-corrected chi connectivity index (χ2v) is 9.92. The van der Waals surface area contributed by atoms with Gasteiger partial charge in [0, 0.05) is 13.1 Å². The standard InChI is InChI=1S/C23H25N3O7S/c1-15(22(28)26-14-21(27)24-17-7-3-4-8-18(17)26)33-23(29)16-9-10-19(32-2)20(13-16)34(30,31)25-11-5-6-12-25/h3-4,7-10,13,15H,5-6,11-12,14H2,1-2H3,(H,24,27)/t15-/m1/s1. The smallest absolute Gasteiger partial charge is 0.338 e. The molecule has 0 unspecified atom stereocenters. The molecule has 0 spiro atoms. The van der Waals surface area contributed by atoms with Gasteiger partial charge in [-0.2, -0.15) is 4.31 Å². The van der Waals surface area contributed by atoms with Crippen LogP contribution < -0.4 is 15.0 Å². The number of benzene rings is 2. The monoisotopic (exact) mass is 487 g/mol. The molecule has 2 amide bonds. The number of hydrogen-bond acceptors (Lipinski definition) is 7. The van der Waals surface area contributed by atoms with Crippen molar-refractivity contribution in [1.82, 2.24) is 4.31 Å². The lowest BCUT2D eigenvalue weighted by atomic mass is 10.1. The van der Waals surface area contributed by atoms with Crippen LogP contribution in [-0.2, 0) is 24.3 Å². The van der Waals surface area contributed by atoms with E-state index in [1.807, 2.05) is 0 Å². The van der Waals surface area contributed by atoms with Crippen LogP contribution in [-0.4, -0.2) is 63.4 Å². The Labute approximate surface area is 197 Å². The first kappa shape index (κ1) is 23.7. The normalized spacial score (nSPS) is 17.0. The number of nitrogens with zero attached hydrogens (tertiary/aromatic N) is 2. The first-order valence-corrected chi connectivity index (χ1v) is 12.3. The second-order valence-electron chi connectivity index (χ2n) is 8.01. The predicted octanol–water partition coefficient (Wildman–Crippen LogP) is 2.01. The van der Waals surface area contributed by atoms with Crippen LogP contribution in [0.4, 0.5) is 11.4 Å². The highest BCUT2D eigenvalue weighted by molar-refractivity contribution is 7.89. The van der Waals surface area contributed by atoms with Crippen molar-refractivity contribution < 1.29 is 32.3 Å². The van der Waals surface area contributed by atoms with Gasteiger partial charge in [-0.05, 0) is 50.1 Å². The number of para-hydroxylation sites is 2. The molecule has 0 bridgehead atoms. The quantitative estimate of drug-likeness (QED) is 0.619. The van der Waals surface area contributed by atoms with E-state index in [9.17, 15) is 22.8 Å². The molecule has 1 saturated heterocycles. The SMILES string of the molecule is COc1ccc(C(=O)O[C@H](C)C(=O)N2CC(=O)Nc3ccccc32)cc1S(=O)(=O)N1CCCC1. The summed E-state index contributed by atoms with van der Waals surface area (Å²) in [6, 6.07) is 10.8. The van der Waals surface area contributed by atoms with Crippen molar-refractivity contribution in [3.05, 3.63) is 48.0 Å². The summed E-state index contributed by atoms with van der Waals surface area (Å²) in [7, 11) is -2.51. The minimum Gasteiger partial charge on any atom is -0.495 e. The average molecular weight is 488 g/mol. The molecule has 0 aromatic heterocycles. The Hall–Kier alpha value is -3.44. The molecule has 2 aliphatic heterocycles. The molecule has 0 radical (unpaired) electrons. The lowest BCUT2D eigenvalue weighted by Crippen LogP contribution is -2.47. The molecule has 0 saturated carbocycles. The number of amides is 2. The Morgan fingerprint density at radius 3 is 2.50 bits per heavy atom. The van der Waals surface area contributed by atoms with Crippen molar-refractivity contribution in [2.75, 3.05) is 37.0 Å². The first-order chi connectivity index (χ1) is 16.2. The van der Waals surface area contributed by atoms with E-state index in [2.05, 4.69) is 5.32 Å². The summed E-state index contributed by atoms with van der Waals surface area (Å²) < 4.78 is 38.1. The maximum atomic E-state index is 13.1. The molecule has 2 aromatic carbocycles. The third-order valence-electron chi connectivity index (χ3n) is 5.75. The zero-order valence-corrected chi connectivity index (χ0v) is 19.6. The zero-order chi connectivity index (χ0) is 24.5. The van der Waals surface area contributed by atoms with E-state index in [0.717, 1.165) is 12.8 Å². The lowest BCUT2D eigenvalue weighted by Gasteiger charge is -2.30. The van der Waals surface area contributed by atoms with Gasteiger partial charge in [-0.15, -0.1) is 0 Å². The van der Waals surface area contributed by atoms with Crippen LogP contribution in [0.15, 0.2) is 47.4 Å². The van der Waals surface area contributed by atoms with Gasteiger partial charge in [0.15, 0.2) is 6.10 Å². The minimum absolute atomic E-state index is 0.0324. The number of ether oxygens (including phenoxy) is 2. The largest absolute Gasteiger partial charge is 0.495 e. The van der Waals surface area contributed by atoms with Crippen LogP contribution in [0.3, 0.4) is 0 Å². The molecule has 1 N–H and O–H groups in total. The van der Waals surface area contributed by atoms with Crippen molar-refractivity contribution in [3.63, 3.8) is 0 Å². The molecule has 0 aliphatic carbocycles. The number of anilines is 2. The van der Waals surface area contributed by atoms with E-state index in [0.29, 0.717) is 24.5 Å². The molecule has 2 aliphatic rings. The third kappa shape index (κ3) is 4.48. The molecule has 2 aromatic rings. The topological polar surface area (TPSA) is 122 Å². The van der Waals surface area contributed by atoms with Crippen molar-refractivity contribution in [3.8, 4) is 5.75 Å². The van der Waals surface area contributed by atoms with E-state index >= 15 is 0 Å². The van der Waals surface area contributed by atoms with Gasteiger partial charge in [0.2, 0.25) is 15.9 Å². The Kier molecular flexibility index (Phi) is 6.58. The number of rotatable bonds is 6. The van der Waals surface area contributed by atoms with E-state index in [-0.39, 0.29) is 28.7 Å². The van der Waals surface area contributed by atoms with Crippen LogP contribution in [0.25, 0.3) is 0 Å². The van der Waals surface area contributed by atoms with Gasteiger partial charge in [-0.3, -0.25) is 14.5 Å². The van der Waals surface area contributed by atoms with Gasteiger partial charge in [0.1, 0.15) is 17.2 Å². The summed E-state index contributed by atoms with van der Waals surface area (Å²) in [6.07, 6.45) is 0.313. The highest BCUT2D eigenvalue weighted by atomic mass is 32.2. The number of sulfonamides is 1. The molecule has 11 heteroatoms. The Balaban J connectivity index is 1.55. The Morgan fingerprint density at radius 2 is 1.79 bits per heavy atom. The van der Waals surface area contributed by atoms with Crippen molar-refractivity contribution in [2.45, 2.75) is 30.8 Å². The summed E-state index contributed by atoms with van der Waals surface area (Å²) >= 11 is 0. The zero-order valence-electron chi connectivity index (χ0n) is 18.8. The molecule has 1 atom stereocenters. The molecular formula is C23H25N3O7S. The number of carbonyl (C=O) groups is 3. The van der Waals surface area contributed by atoms with Crippen molar-refractivity contribution >= 4 is 39.2 Å². The van der Waals surface area contributed by atoms with Gasteiger partial charge in [0.25, 0.3) is 5.91 Å². The second kappa shape index (κ2) is 9.43. The fourth-order valence-electron chi connectivity index (χ4n) is 4.00. The van der Waals surface area contributed by atoms with Crippen LogP contribution in [0.5, 0.6) is 5.75 Å². The lowest BCUT2D eigenvalue weighted by molar-refractivity contribution is -0.128. The number of hydrogen-bond donors (Lipinski definition) is 1. The first-order valence-electron chi connectivity index (χ1n) is 10.8. The maximum absolute atomic E-state index is 13.1. The van der Waals surface area contributed by atoms with Gasteiger partial charge in [-0.1, -0.05) is 12.1 Å². The number of nitrogens with one attached hydrogen (secondary N) is 1. The van der Waals surface area contributed by atoms with Crippen LogP contribution in [0.2, 0.25) is 0 Å². The highest BCUT2D eigenvalue weighted by Gasteiger charge is 2.33. The maximum Gasteiger partial charge on any atom is 0.338 e. The van der Waals surface area contributed by atoms with Crippen molar-refractivity contribution in [1.29, 1.82) is 0 Å². The van der Waals surface area contributed by atoms with Gasteiger partial charge in [0.05, 0.1) is 24.0 Å². The summed E-state index contributed by atoms with van der Waals surface area (Å²) in [6.45, 7) is 1.99. The summed E-state index contributed by atoms with van der Waals surface area (Å²) in [5.41, 5.74) is 0.950. The van der Waals surface area contributed by atoms with E-state index in [4.69, 9.17) is 9.47 Å². The van der Waals surface area contributed by atoms with E-state index in [1.54, 1.807) is 24.3 Å². The minimum atomic E-state index is -3.86. The number of esters is 1. The summed E-state index contributed by atoms with van der Waals surface area (Å²) in [4.78, 5) is 39.0. The van der Waals surface area contributed by atoms with Gasteiger partial charge >= 0.3 is 5.97 Å². The van der Waals surface area contributed by atoms with Crippen molar-refractivity contribution in [2.24, 2.45) is 0 Å². The van der Waals surface area contributed by atoms with Gasteiger partial charge in [-0.25, -0.2) is 13.2 Å². The number of carbonyl (C=O) groups excluding carboxylic acids is 3. The number of methoxy groups -OCH3 is 1. The molecule has 2 heterocycles. The Bertz CT molecular complexity index is 1240. The average Bonchev–Trinajstić information content (AvgIpc) is 3.38. The van der Waals surface area contributed by atoms with E-state index in [1.165, 1.54) is 41.4 Å². The fraction of sp³-hybridized carbons (Fsp3) is 0.348.